The fourth-order valence-electron chi connectivity index (χ4n) is 4.34. The summed E-state index contributed by atoms with van der Waals surface area (Å²) in [5.74, 6) is 1.81. The first-order valence-corrected chi connectivity index (χ1v) is 11.0. The summed E-state index contributed by atoms with van der Waals surface area (Å²) >= 11 is 0.916. The zero-order chi connectivity index (χ0) is 19.3. The molecule has 1 aromatic rings. The van der Waals surface area contributed by atoms with Crippen LogP contribution in [-0.4, -0.2) is 58.7 Å². The standard InChI is InChI=1S/C20H27N5O2S/c26-19-17(28-20(27)24-19)10-16-5-7-22-18(23-16)9-14-4-2-8-25(12-14)13-15-3-1-6-21-11-15/h5,7,10,14-15,21H,1-4,6,8-9,11-13H2,(H,24,26,27)/b17-10-/t14-,15?/m1/s1. The van der Waals surface area contributed by atoms with Crippen LogP contribution in [0.15, 0.2) is 17.2 Å². The summed E-state index contributed by atoms with van der Waals surface area (Å²) in [5.41, 5.74) is 0.679. The molecule has 3 fully saturated rings. The Labute approximate surface area is 169 Å². The minimum atomic E-state index is -0.352. The molecule has 3 saturated heterocycles. The molecule has 2 atom stereocenters. The summed E-state index contributed by atoms with van der Waals surface area (Å²) in [6.45, 7) is 5.81. The summed E-state index contributed by atoms with van der Waals surface area (Å²) in [6.07, 6.45) is 9.33. The number of nitrogens with zero attached hydrogens (tertiary/aromatic N) is 3. The van der Waals surface area contributed by atoms with E-state index in [1.165, 1.54) is 38.8 Å². The van der Waals surface area contributed by atoms with E-state index in [1.807, 2.05) is 0 Å². The van der Waals surface area contributed by atoms with Crippen LogP contribution in [0.4, 0.5) is 4.79 Å². The molecule has 0 spiro atoms. The fraction of sp³-hybridized carbons (Fsp3) is 0.600. The van der Waals surface area contributed by atoms with E-state index >= 15 is 0 Å². The quantitative estimate of drug-likeness (QED) is 0.730. The molecule has 8 heteroatoms. The second-order valence-corrected chi connectivity index (χ2v) is 8.95. The summed E-state index contributed by atoms with van der Waals surface area (Å²) < 4.78 is 0. The Balaban J connectivity index is 1.35. The van der Waals surface area contributed by atoms with Crippen LogP contribution in [0.3, 0.4) is 0 Å². The Morgan fingerprint density at radius 1 is 1.25 bits per heavy atom. The van der Waals surface area contributed by atoms with Crippen LogP contribution in [0.25, 0.3) is 6.08 Å². The molecule has 2 amide bonds. The molecule has 150 valence electrons. The van der Waals surface area contributed by atoms with Crippen molar-refractivity contribution in [2.75, 3.05) is 32.7 Å². The number of nitrogens with one attached hydrogen (secondary N) is 2. The SMILES string of the molecule is O=C1NC(=O)/C(=C/c2ccnc(C[C@H]3CCCN(CC4CCCNC4)C3)n2)S1. The molecule has 0 aliphatic carbocycles. The lowest BCUT2D eigenvalue weighted by molar-refractivity contribution is -0.115. The van der Waals surface area contributed by atoms with Gasteiger partial charge in [0, 0.05) is 25.7 Å². The number of hydrogen-bond acceptors (Lipinski definition) is 7. The highest BCUT2D eigenvalue weighted by atomic mass is 32.2. The number of likely N-dealkylation sites (tertiary alicyclic amines) is 1. The van der Waals surface area contributed by atoms with Crippen LogP contribution in [0.5, 0.6) is 0 Å². The Morgan fingerprint density at radius 2 is 2.14 bits per heavy atom. The maximum atomic E-state index is 11.7. The number of imide groups is 1. The van der Waals surface area contributed by atoms with E-state index in [4.69, 9.17) is 0 Å². The van der Waals surface area contributed by atoms with Gasteiger partial charge in [-0.05, 0) is 81.1 Å². The van der Waals surface area contributed by atoms with Gasteiger partial charge in [-0.3, -0.25) is 14.9 Å². The van der Waals surface area contributed by atoms with Gasteiger partial charge in [0.15, 0.2) is 0 Å². The first-order valence-electron chi connectivity index (χ1n) is 10.2. The Kier molecular flexibility index (Phi) is 6.39. The van der Waals surface area contributed by atoms with Crippen LogP contribution < -0.4 is 10.6 Å². The molecule has 1 unspecified atom stereocenters. The van der Waals surface area contributed by atoms with Crippen LogP contribution in [-0.2, 0) is 11.2 Å². The van der Waals surface area contributed by atoms with Gasteiger partial charge in [0.05, 0.1) is 10.6 Å². The van der Waals surface area contributed by atoms with Gasteiger partial charge in [0.2, 0.25) is 0 Å². The van der Waals surface area contributed by atoms with Crippen molar-refractivity contribution in [3.8, 4) is 0 Å². The van der Waals surface area contributed by atoms with E-state index in [0.29, 0.717) is 16.5 Å². The number of piperidine rings is 2. The maximum absolute atomic E-state index is 11.7. The number of hydrogen-bond donors (Lipinski definition) is 2. The van der Waals surface area contributed by atoms with Gasteiger partial charge in [-0.15, -0.1) is 0 Å². The summed E-state index contributed by atoms with van der Waals surface area (Å²) in [7, 11) is 0. The first-order chi connectivity index (χ1) is 13.7. The van der Waals surface area contributed by atoms with Gasteiger partial charge in [-0.1, -0.05) is 0 Å². The fourth-order valence-corrected chi connectivity index (χ4v) is 5.00. The smallest absolute Gasteiger partial charge is 0.290 e. The van der Waals surface area contributed by atoms with Gasteiger partial charge in [0.1, 0.15) is 5.82 Å². The van der Waals surface area contributed by atoms with Gasteiger partial charge >= 0.3 is 0 Å². The van der Waals surface area contributed by atoms with E-state index in [9.17, 15) is 9.59 Å². The van der Waals surface area contributed by atoms with Crippen molar-refractivity contribution >= 4 is 29.0 Å². The maximum Gasteiger partial charge on any atom is 0.290 e. The summed E-state index contributed by atoms with van der Waals surface area (Å²) in [5, 5.41) is 5.45. The Hall–Kier alpha value is -1.77. The molecule has 3 aliphatic heterocycles. The molecule has 2 N–H and O–H groups in total. The third-order valence-electron chi connectivity index (χ3n) is 5.64. The predicted molar refractivity (Wildman–Crippen MR) is 110 cm³/mol. The average Bonchev–Trinajstić information content (AvgIpc) is 3.00. The van der Waals surface area contributed by atoms with Gasteiger partial charge in [0.25, 0.3) is 11.1 Å². The minimum absolute atomic E-state index is 0.332. The lowest BCUT2D eigenvalue weighted by atomic mass is 9.92. The highest BCUT2D eigenvalue weighted by molar-refractivity contribution is 8.18. The van der Waals surface area contributed by atoms with Crippen LogP contribution in [0, 0.1) is 11.8 Å². The molecule has 0 radical (unpaired) electrons. The highest BCUT2D eigenvalue weighted by Gasteiger charge is 2.26. The molecular formula is C20H27N5O2S. The molecule has 4 heterocycles. The van der Waals surface area contributed by atoms with Crippen molar-refractivity contribution in [1.29, 1.82) is 0 Å². The van der Waals surface area contributed by atoms with E-state index in [1.54, 1.807) is 18.3 Å². The zero-order valence-corrected chi connectivity index (χ0v) is 16.8. The third kappa shape index (κ3) is 5.18. The van der Waals surface area contributed by atoms with Crippen molar-refractivity contribution < 1.29 is 9.59 Å². The topological polar surface area (TPSA) is 87.2 Å². The number of carbonyl (C=O) groups excluding carboxylic acids is 2. The van der Waals surface area contributed by atoms with Gasteiger partial charge in [-0.2, -0.15) is 0 Å². The van der Waals surface area contributed by atoms with Crippen LogP contribution in [0.2, 0.25) is 0 Å². The minimum Gasteiger partial charge on any atom is -0.316 e. The Bertz CT molecular complexity index is 763. The molecule has 3 aliphatic rings. The van der Waals surface area contributed by atoms with Crippen molar-refractivity contribution in [1.82, 2.24) is 25.5 Å². The zero-order valence-electron chi connectivity index (χ0n) is 16.0. The highest BCUT2D eigenvalue weighted by Crippen LogP contribution is 2.25. The number of carbonyl (C=O) groups is 2. The normalized spacial score (nSPS) is 27.9. The Morgan fingerprint density at radius 3 is 2.93 bits per heavy atom. The number of aromatic nitrogens is 2. The van der Waals surface area contributed by atoms with Gasteiger partial charge < -0.3 is 10.2 Å². The van der Waals surface area contributed by atoms with Crippen molar-refractivity contribution in [2.24, 2.45) is 11.8 Å². The van der Waals surface area contributed by atoms with Crippen LogP contribution in [0.1, 0.15) is 37.2 Å². The molecule has 0 aromatic carbocycles. The first kappa shape index (κ1) is 19.5. The van der Waals surface area contributed by atoms with Crippen molar-refractivity contribution in [2.45, 2.75) is 32.1 Å². The monoisotopic (exact) mass is 401 g/mol. The lowest BCUT2D eigenvalue weighted by Gasteiger charge is -2.36. The number of thioether (sulfide) groups is 1. The van der Waals surface area contributed by atoms with E-state index < -0.39 is 0 Å². The molecular weight excluding hydrogens is 374 g/mol. The molecule has 0 bridgehead atoms. The van der Waals surface area contributed by atoms with E-state index in [-0.39, 0.29) is 11.1 Å². The molecule has 4 rings (SSSR count). The van der Waals surface area contributed by atoms with E-state index in [2.05, 4.69) is 25.5 Å². The summed E-state index contributed by atoms with van der Waals surface area (Å²) in [6, 6.07) is 1.77. The van der Waals surface area contributed by atoms with Crippen LogP contribution >= 0.6 is 11.8 Å². The molecule has 0 saturated carbocycles. The average molecular weight is 402 g/mol. The number of amides is 2. The molecule has 28 heavy (non-hydrogen) atoms. The number of rotatable bonds is 5. The van der Waals surface area contributed by atoms with Crippen molar-refractivity contribution in [3.05, 3.63) is 28.7 Å². The molecule has 7 nitrogen and oxygen atoms in total. The largest absolute Gasteiger partial charge is 0.316 e. The molecule has 1 aromatic heterocycles. The predicted octanol–water partition coefficient (Wildman–Crippen LogP) is 2.05. The second kappa shape index (κ2) is 9.15. The summed E-state index contributed by atoms with van der Waals surface area (Å²) in [4.78, 5) is 35.1. The lowest BCUT2D eigenvalue weighted by Crippen LogP contribution is -2.43. The third-order valence-corrected chi connectivity index (χ3v) is 6.45. The van der Waals surface area contributed by atoms with Crippen molar-refractivity contribution in [3.63, 3.8) is 0 Å². The van der Waals surface area contributed by atoms with E-state index in [0.717, 1.165) is 49.6 Å². The van der Waals surface area contributed by atoms with Gasteiger partial charge in [-0.25, -0.2) is 9.97 Å². The second-order valence-electron chi connectivity index (χ2n) is 7.93.